The Labute approximate surface area is 124 Å². The molecule has 3 aromatic rings. The summed E-state index contributed by atoms with van der Waals surface area (Å²) in [5.74, 6) is 0.765. The van der Waals surface area contributed by atoms with Gasteiger partial charge in [-0.3, -0.25) is 5.43 Å². The number of benzene rings is 2. The van der Waals surface area contributed by atoms with Crippen molar-refractivity contribution in [2.45, 2.75) is 13.8 Å². The molecule has 0 saturated heterocycles. The Balaban J connectivity index is 1.89. The van der Waals surface area contributed by atoms with E-state index in [1.165, 1.54) is 10.9 Å². The van der Waals surface area contributed by atoms with Crippen LogP contribution < -0.4 is 5.43 Å². The summed E-state index contributed by atoms with van der Waals surface area (Å²) in [4.78, 5) is 4.58. The van der Waals surface area contributed by atoms with Crippen LogP contribution in [0.15, 0.2) is 65.8 Å². The van der Waals surface area contributed by atoms with E-state index in [1.54, 1.807) is 0 Å². The maximum Gasteiger partial charge on any atom is 0.147 e. The highest BCUT2D eigenvalue weighted by Gasteiger charge is 2.02. The first-order valence-corrected chi connectivity index (χ1v) is 6.96. The quantitative estimate of drug-likeness (QED) is 0.569. The third kappa shape index (κ3) is 2.92. The van der Waals surface area contributed by atoms with Crippen LogP contribution in [0.1, 0.15) is 18.1 Å². The summed E-state index contributed by atoms with van der Waals surface area (Å²) in [6.45, 7) is 4.07. The molecule has 0 aliphatic heterocycles. The topological polar surface area (TPSA) is 37.3 Å². The molecule has 104 valence electrons. The van der Waals surface area contributed by atoms with Crippen LogP contribution in [0.3, 0.4) is 0 Å². The van der Waals surface area contributed by atoms with Gasteiger partial charge in [-0.2, -0.15) is 5.10 Å². The molecule has 0 unspecified atom stereocenters. The first-order chi connectivity index (χ1) is 10.2. The van der Waals surface area contributed by atoms with E-state index in [2.05, 4.69) is 28.5 Å². The fraction of sp³-hybridized carbons (Fsp3) is 0.111. The third-order valence-corrected chi connectivity index (χ3v) is 3.45. The second-order valence-corrected chi connectivity index (χ2v) is 5.02. The van der Waals surface area contributed by atoms with Crippen molar-refractivity contribution in [3.8, 4) is 0 Å². The fourth-order valence-corrected chi connectivity index (χ4v) is 2.29. The van der Waals surface area contributed by atoms with Gasteiger partial charge >= 0.3 is 0 Å². The summed E-state index contributed by atoms with van der Waals surface area (Å²) in [5.41, 5.74) is 7.26. The Kier molecular flexibility index (Phi) is 3.65. The van der Waals surface area contributed by atoms with E-state index in [0.29, 0.717) is 0 Å². The smallest absolute Gasteiger partial charge is 0.147 e. The highest BCUT2D eigenvalue weighted by atomic mass is 15.3. The van der Waals surface area contributed by atoms with Gasteiger partial charge in [-0.05, 0) is 37.1 Å². The number of rotatable bonds is 3. The second kappa shape index (κ2) is 5.75. The van der Waals surface area contributed by atoms with Crippen LogP contribution in [-0.2, 0) is 0 Å². The Morgan fingerprint density at radius 3 is 2.52 bits per heavy atom. The minimum Gasteiger partial charge on any atom is -0.261 e. The predicted octanol–water partition coefficient (Wildman–Crippen LogP) is 4.38. The van der Waals surface area contributed by atoms with Gasteiger partial charge in [-0.15, -0.1) is 0 Å². The Hall–Kier alpha value is -2.68. The molecule has 1 heterocycles. The number of hydrogen-bond donors (Lipinski definition) is 1. The standard InChI is InChI=1S/C18H17N3/c1-13-12-18(19-17-11-7-6-10-16(13)17)21-20-14(2)15-8-4-3-5-9-15/h3-12H,1-2H3,(H,19,21). The third-order valence-electron chi connectivity index (χ3n) is 3.45. The zero-order chi connectivity index (χ0) is 14.7. The average Bonchev–Trinajstić information content (AvgIpc) is 2.53. The molecular weight excluding hydrogens is 258 g/mol. The van der Waals surface area contributed by atoms with Crippen molar-refractivity contribution in [1.29, 1.82) is 0 Å². The van der Waals surface area contributed by atoms with Crippen LogP contribution in [0.2, 0.25) is 0 Å². The van der Waals surface area contributed by atoms with E-state index in [4.69, 9.17) is 0 Å². The summed E-state index contributed by atoms with van der Waals surface area (Å²) in [7, 11) is 0. The van der Waals surface area contributed by atoms with Crippen molar-refractivity contribution < 1.29 is 0 Å². The highest BCUT2D eigenvalue weighted by molar-refractivity contribution is 5.99. The number of hydrazone groups is 1. The number of pyridine rings is 1. The number of hydrogen-bond acceptors (Lipinski definition) is 3. The summed E-state index contributed by atoms with van der Waals surface area (Å²) in [6, 6.07) is 20.2. The maximum atomic E-state index is 4.58. The molecule has 0 saturated carbocycles. The van der Waals surface area contributed by atoms with Gasteiger partial charge in [-0.25, -0.2) is 4.98 Å². The number of anilines is 1. The Morgan fingerprint density at radius 2 is 1.71 bits per heavy atom. The van der Waals surface area contributed by atoms with Crippen LogP contribution >= 0.6 is 0 Å². The summed E-state index contributed by atoms with van der Waals surface area (Å²) in [6.07, 6.45) is 0. The van der Waals surface area contributed by atoms with Gasteiger partial charge in [0.2, 0.25) is 0 Å². The molecule has 2 aromatic carbocycles. The molecule has 0 fully saturated rings. The molecule has 3 rings (SSSR count). The maximum absolute atomic E-state index is 4.58. The lowest BCUT2D eigenvalue weighted by Crippen LogP contribution is -2.01. The molecule has 0 radical (unpaired) electrons. The molecule has 0 amide bonds. The lowest BCUT2D eigenvalue weighted by atomic mass is 10.1. The molecule has 0 bridgehead atoms. The number of fused-ring (bicyclic) bond motifs is 1. The molecule has 0 spiro atoms. The lowest BCUT2D eigenvalue weighted by molar-refractivity contribution is 1.24. The SMILES string of the molecule is CC(=NNc1cc(C)c2ccccc2n1)c1ccccc1. The molecule has 0 aliphatic carbocycles. The van der Waals surface area contributed by atoms with Gasteiger partial charge < -0.3 is 0 Å². The van der Waals surface area contributed by atoms with Gasteiger partial charge in [0, 0.05) is 5.39 Å². The second-order valence-electron chi connectivity index (χ2n) is 5.02. The van der Waals surface area contributed by atoms with E-state index in [-0.39, 0.29) is 0 Å². The molecule has 1 N–H and O–H groups in total. The lowest BCUT2D eigenvalue weighted by Gasteiger charge is -2.07. The highest BCUT2D eigenvalue weighted by Crippen LogP contribution is 2.19. The molecule has 3 nitrogen and oxygen atoms in total. The predicted molar refractivity (Wildman–Crippen MR) is 88.8 cm³/mol. The van der Waals surface area contributed by atoms with Crippen LogP contribution in [0.5, 0.6) is 0 Å². The molecule has 3 heteroatoms. The van der Waals surface area contributed by atoms with Gasteiger partial charge in [0.1, 0.15) is 5.82 Å². The zero-order valence-electron chi connectivity index (χ0n) is 12.2. The van der Waals surface area contributed by atoms with Crippen molar-refractivity contribution in [3.05, 3.63) is 71.8 Å². The molecule has 21 heavy (non-hydrogen) atoms. The number of nitrogens with one attached hydrogen (secondary N) is 1. The number of nitrogens with zero attached hydrogens (tertiary/aromatic N) is 2. The molecule has 0 atom stereocenters. The van der Waals surface area contributed by atoms with Gasteiger partial charge in [0.05, 0.1) is 11.2 Å². The summed E-state index contributed by atoms with van der Waals surface area (Å²) in [5, 5.41) is 5.59. The van der Waals surface area contributed by atoms with Crippen LogP contribution in [0.4, 0.5) is 5.82 Å². The van der Waals surface area contributed by atoms with Gasteiger partial charge in [-0.1, -0.05) is 48.5 Å². The van der Waals surface area contributed by atoms with Crippen molar-refractivity contribution in [3.63, 3.8) is 0 Å². The number of para-hydroxylation sites is 1. The fourth-order valence-electron chi connectivity index (χ4n) is 2.29. The first kappa shape index (κ1) is 13.3. The van der Waals surface area contributed by atoms with E-state index < -0.39 is 0 Å². The number of aryl methyl sites for hydroxylation is 1. The minimum absolute atomic E-state index is 0.765. The van der Waals surface area contributed by atoms with E-state index in [1.807, 2.05) is 61.5 Å². The van der Waals surface area contributed by atoms with Crippen LogP contribution in [-0.4, -0.2) is 10.7 Å². The molecular formula is C18H17N3. The Bertz CT molecular complexity index is 792. The van der Waals surface area contributed by atoms with Crippen molar-refractivity contribution >= 4 is 22.4 Å². The van der Waals surface area contributed by atoms with Crippen molar-refractivity contribution in [2.24, 2.45) is 5.10 Å². The monoisotopic (exact) mass is 275 g/mol. The van der Waals surface area contributed by atoms with E-state index in [9.17, 15) is 0 Å². The zero-order valence-corrected chi connectivity index (χ0v) is 12.2. The number of aromatic nitrogens is 1. The van der Waals surface area contributed by atoms with Gasteiger partial charge in [0.15, 0.2) is 0 Å². The van der Waals surface area contributed by atoms with Crippen molar-refractivity contribution in [1.82, 2.24) is 4.98 Å². The normalized spacial score (nSPS) is 11.6. The first-order valence-electron chi connectivity index (χ1n) is 6.96. The van der Waals surface area contributed by atoms with E-state index >= 15 is 0 Å². The van der Waals surface area contributed by atoms with Crippen LogP contribution in [0.25, 0.3) is 10.9 Å². The van der Waals surface area contributed by atoms with Crippen molar-refractivity contribution in [2.75, 3.05) is 5.43 Å². The Morgan fingerprint density at radius 1 is 1.00 bits per heavy atom. The minimum atomic E-state index is 0.765. The summed E-state index contributed by atoms with van der Waals surface area (Å²) < 4.78 is 0. The van der Waals surface area contributed by atoms with Crippen LogP contribution in [0, 0.1) is 6.92 Å². The van der Waals surface area contributed by atoms with E-state index in [0.717, 1.165) is 22.6 Å². The molecule has 1 aromatic heterocycles. The molecule has 0 aliphatic rings. The van der Waals surface area contributed by atoms with Gasteiger partial charge in [0.25, 0.3) is 0 Å². The largest absolute Gasteiger partial charge is 0.261 e. The summed E-state index contributed by atoms with van der Waals surface area (Å²) >= 11 is 0. The average molecular weight is 275 g/mol.